The number of benzene rings is 1. The molecule has 1 aromatic carbocycles. The van der Waals surface area contributed by atoms with Crippen molar-refractivity contribution in [2.24, 2.45) is 0 Å². The number of rotatable bonds is 0. The van der Waals surface area contributed by atoms with Crippen molar-refractivity contribution in [3.8, 4) is 0 Å². The Morgan fingerprint density at radius 1 is 1.31 bits per heavy atom. The smallest absolute Gasteiger partial charge is 0.0833 e. The molecular weight excluding hydrogens is 160 g/mol. The molecule has 0 aromatic heterocycles. The lowest BCUT2D eigenvalue weighted by molar-refractivity contribution is 0.187. The average Bonchev–Trinajstić information content (AvgIpc) is 2.47. The van der Waals surface area contributed by atoms with Gasteiger partial charge in [0.15, 0.2) is 0 Å². The van der Waals surface area contributed by atoms with Gasteiger partial charge in [0.2, 0.25) is 0 Å². The highest BCUT2D eigenvalue weighted by atomic mass is 16.3. The lowest BCUT2D eigenvalue weighted by Crippen LogP contribution is -2.29. The van der Waals surface area contributed by atoms with Crippen LogP contribution >= 0.6 is 0 Å². The molecule has 0 bridgehead atoms. The minimum absolute atomic E-state index is 0.239. The summed E-state index contributed by atoms with van der Waals surface area (Å²) in [7, 11) is 0. The van der Waals surface area contributed by atoms with Gasteiger partial charge in [-0.15, -0.1) is 0 Å². The zero-order valence-electron chi connectivity index (χ0n) is 7.46. The number of aliphatic hydroxyl groups excluding tert-OH is 1. The summed E-state index contributed by atoms with van der Waals surface area (Å²) in [5, 5.41) is 12.5. The van der Waals surface area contributed by atoms with Crippen LogP contribution in [-0.4, -0.2) is 5.11 Å². The zero-order valence-corrected chi connectivity index (χ0v) is 7.46. The summed E-state index contributed by atoms with van der Waals surface area (Å²) in [6.07, 6.45) is 5.18. The van der Waals surface area contributed by atoms with Gasteiger partial charge in [-0.1, -0.05) is 29.8 Å². The molecule has 0 fully saturated rings. The molecule has 0 aliphatic heterocycles. The molecule has 0 saturated heterocycles. The van der Waals surface area contributed by atoms with Crippen molar-refractivity contribution in [1.29, 1.82) is 0 Å². The van der Waals surface area contributed by atoms with Crippen LogP contribution in [0.5, 0.6) is 0 Å². The van der Waals surface area contributed by atoms with E-state index >= 15 is 0 Å². The molecule has 1 atom stereocenters. The fraction of sp³-hybridized carbons (Fsp3) is 0.333. The topological polar surface area (TPSA) is 20.2 Å². The van der Waals surface area contributed by atoms with Gasteiger partial charge in [-0.05, 0) is 35.3 Å². The molecule has 13 heavy (non-hydrogen) atoms. The van der Waals surface area contributed by atoms with Crippen LogP contribution in [0.4, 0.5) is 0 Å². The van der Waals surface area contributed by atoms with E-state index in [9.17, 15) is 5.11 Å². The Morgan fingerprint density at radius 2 is 2.23 bits per heavy atom. The van der Waals surface area contributed by atoms with E-state index in [-0.39, 0.29) is 6.10 Å². The van der Waals surface area contributed by atoms with E-state index in [0.29, 0.717) is 0 Å². The fourth-order valence-electron chi connectivity index (χ4n) is 2.52. The second kappa shape index (κ2) is 2.46. The second-order valence-corrected chi connectivity index (χ2v) is 3.88. The lowest BCUT2D eigenvalue weighted by atomic mass is 10.0. The predicted octanol–water partition coefficient (Wildman–Crippen LogP) is 0.849. The molecule has 0 spiro atoms. The van der Waals surface area contributed by atoms with Crippen LogP contribution in [0.2, 0.25) is 0 Å². The van der Waals surface area contributed by atoms with Crippen molar-refractivity contribution in [1.82, 2.24) is 0 Å². The van der Waals surface area contributed by atoms with Crippen molar-refractivity contribution in [3.05, 3.63) is 34.2 Å². The maximum Gasteiger partial charge on any atom is 0.0833 e. The Bertz CT molecular complexity index is 470. The minimum atomic E-state index is -0.239. The predicted molar refractivity (Wildman–Crippen MR) is 52.4 cm³/mol. The van der Waals surface area contributed by atoms with E-state index in [1.54, 1.807) is 0 Å². The highest BCUT2D eigenvalue weighted by Gasteiger charge is 2.21. The molecule has 3 rings (SSSR count). The first-order chi connectivity index (χ1) is 6.36. The van der Waals surface area contributed by atoms with Crippen molar-refractivity contribution in [2.45, 2.75) is 25.4 Å². The molecule has 0 amide bonds. The minimum Gasteiger partial charge on any atom is -0.388 e. The van der Waals surface area contributed by atoms with E-state index in [2.05, 4.69) is 18.2 Å². The van der Waals surface area contributed by atoms with Crippen molar-refractivity contribution in [3.63, 3.8) is 0 Å². The van der Waals surface area contributed by atoms with Crippen molar-refractivity contribution < 1.29 is 5.11 Å². The monoisotopic (exact) mass is 172 g/mol. The van der Waals surface area contributed by atoms with Crippen molar-refractivity contribution >= 4 is 11.6 Å². The number of hydrogen-bond donors (Lipinski definition) is 1. The fourth-order valence-corrected chi connectivity index (χ4v) is 2.52. The third-order valence-corrected chi connectivity index (χ3v) is 3.09. The molecule has 1 aromatic rings. The molecule has 1 nitrogen and oxygen atoms in total. The molecule has 0 radical (unpaired) electrons. The molecule has 1 N–H and O–H groups in total. The molecule has 2 aliphatic rings. The largest absolute Gasteiger partial charge is 0.388 e. The summed E-state index contributed by atoms with van der Waals surface area (Å²) in [4.78, 5) is 0. The van der Waals surface area contributed by atoms with E-state index in [4.69, 9.17) is 0 Å². The summed E-state index contributed by atoms with van der Waals surface area (Å²) < 4.78 is 0. The van der Waals surface area contributed by atoms with Gasteiger partial charge < -0.3 is 5.11 Å². The summed E-state index contributed by atoms with van der Waals surface area (Å²) in [6.45, 7) is 0. The number of hydrogen-bond acceptors (Lipinski definition) is 1. The molecule has 0 saturated carbocycles. The summed E-state index contributed by atoms with van der Waals surface area (Å²) in [5.74, 6) is 0. The van der Waals surface area contributed by atoms with Crippen LogP contribution in [0.25, 0.3) is 11.6 Å². The summed E-state index contributed by atoms with van der Waals surface area (Å²) in [6, 6.07) is 6.24. The Hall–Kier alpha value is -1.08. The number of aliphatic hydroxyl groups is 1. The summed E-state index contributed by atoms with van der Waals surface area (Å²) in [5.41, 5.74) is 2.60. The van der Waals surface area contributed by atoms with Gasteiger partial charge >= 0.3 is 0 Å². The normalized spacial score (nSPS) is 24.1. The molecule has 1 heteroatoms. The van der Waals surface area contributed by atoms with Crippen LogP contribution in [0.15, 0.2) is 18.2 Å². The summed E-state index contributed by atoms with van der Waals surface area (Å²) >= 11 is 0. The van der Waals surface area contributed by atoms with E-state index in [0.717, 1.165) is 24.8 Å². The highest BCUT2D eigenvalue weighted by Crippen LogP contribution is 2.28. The van der Waals surface area contributed by atoms with Crippen LogP contribution in [0.3, 0.4) is 0 Å². The van der Waals surface area contributed by atoms with Gasteiger partial charge in [-0.25, -0.2) is 0 Å². The van der Waals surface area contributed by atoms with Gasteiger partial charge in [-0.2, -0.15) is 0 Å². The highest BCUT2D eigenvalue weighted by molar-refractivity contribution is 5.58. The van der Waals surface area contributed by atoms with Crippen LogP contribution in [0, 0.1) is 0 Å². The first kappa shape index (κ1) is 7.34. The van der Waals surface area contributed by atoms with Gasteiger partial charge in [0.1, 0.15) is 0 Å². The SMILES string of the molecule is OC1CC2=c3c1cccc3=CCC2. The lowest BCUT2D eigenvalue weighted by Gasteiger charge is -2.03. The maximum atomic E-state index is 9.80. The van der Waals surface area contributed by atoms with Gasteiger partial charge in [0.25, 0.3) is 0 Å². The zero-order chi connectivity index (χ0) is 8.84. The second-order valence-electron chi connectivity index (χ2n) is 3.88. The van der Waals surface area contributed by atoms with Gasteiger partial charge in [-0.3, -0.25) is 0 Å². The maximum absolute atomic E-state index is 9.80. The van der Waals surface area contributed by atoms with Gasteiger partial charge in [0, 0.05) is 0 Å². The van der Waals surface area contributed by atoms with Crippen LogP contribution < -0.4 is 10.4 Å². The van der Waals surface area contributed by atoms with E-state index in [1.807, 2.05) is 6.07 Å². The van der Waals surface area contributed by atoms with Crippen LogP contribution in [0.1, 0.15) is 30.9 Å². The molecule has 2 aliphatic carbocycles. The molecule has 66 valence electrons. The average molecular weight is 172 g/mol. The molecule has 0 heterocycles. The van der Waals surface area contributed by atoms with Crippen molar-refractivity contribution in [2.75, 3.05) is 0 Å². The Morgan fingerprint density at radius 3 is 3.15 bits per heavy atom. The quantitative estimate of drug-likeness (QED) is 0.615. The standard InChI is InChI=1S/C12H12O/c13-11-7-9-5-1-3-8-4-2-6-10(11)12(8)9/h2-4,6,11,13H,1,5,7H2. The molecule has 1 unspecified atom stereocenters. The molecular formula is C12H12O. The Balaban J connectivity index is 2.48. The Kier molecular flexibility index (Phi) is 1.39. The third kappa shape index (κ3) is 0.909. The van der Waals surface area contributed by atoms with E-state index in [1.165, 1.54) is 16.0 Å². The van der Waals surface area contributed by atoms with Crippen LogP contribution in [-0.2, 0) is 0 Å². The van der Waals surface area contributed by atoms with Gasteiger partial charge in [0.05, 0.1) is 6.10 Å². The van der Waals surface area contributed by atoms with E-state index < -0.39 is 0 Å². The first-order valence-corrected chi connectivity index (χ1v) is 4.85. The Labute approximate surface area is 77.0 Å². The third-order valence-electron chi connectivity index (χ3n) is 3.09. The first-order valence-electron chi connectivity index (χ1n) is 4.85.